The highest BCUT2D eigenvalue weighted by atomic mass is 35.5. The Bertz CT molecular complexity index is 1020. The highest BCUT2D eigenvalue weighted by Gasteiger charge is 2.24. The van der Waals surface area contributed by atoms with Gasteiger partial charge in [-0.15, -0.1) is 0 Å². The lowest BCUT2D eigenvalue weighted by atomic mass is 9.92. The Labute approximate surface area is 202 Å². The monoisotopic (exact) mass is 496 g/mol. The second-order valence-electron chi connectivity index (χ2n) is 8.57. The van der Waals surface area contributed by atoms with E-state index in [1.165, 1.54) is 12.1 Å². The van der Waals surface area contributed by atoms with Gasteiger partial charge in [0.15, 0.2) is 5.76 Å². The minimum atomic E-state index is -0.631. The normalized spacial score (nSPS) is 17.9. The molecule has 1 aliphatic carbocycles. The van der Waals surface area contributed by atoms with E-state index in [0.29, 0.717) is 30.3 Å². The van der Waals surface area contributed by atoms with Crippen LogP contribution in [-0.4, -0.2) is 41.8 Å². The summed E-state index contributed by atoms with van der Waals surface area (Å²) in [7, 11) is 0. The molecule has 33 heavy (non-hydrogen) atoms. The number of nitrogens with zero attached hydrogens (tertiary/aromatic N) is 1. The number of ether oxygens (including phenoxy) is 1. The van der Waals surface area contributed by atoms with Gasteiger partial charge < -0.3 is 14.3 Å². The van der Waals surface area contributed by atoms with Gasteiger partial charge in [0, 0.05) is 36.2 Å². The fraction of sp³-hybridized carbons (Fsp3) is 0.458. The third-order valence-corrected chi connectivity index (χ3v) is 6.69. The van der Waals surface area contributed by atoms with Crippen LogP contribution in [0.5, 0.6) is 5.75 Å². The molecule has 2 heterocycles. The van der Waals surface area contributed by atoms with E-state index in [1.54, 1.807) is 12.1 Å². The molecule has 4 rings (SSSR count). The van der Waals surface area contributed by atoms with Crippen LogP contribution in [0, 0.1) is 11.7 Å². The van der Waals surface area contributed by atoms with Crippen LogP contribution in [0.1, 0.15) is 54.0 Å². The summed E-state index contributed by atoms with van der Waals surface area (Å²) in [5.74, 6) is 1.11. The van der Waals surface area contributed by atoms with E-state index in [2.05, 4.69) is 5.43 Å². The Morgan fingerprint density at radius 2 is 2.06 bits per heavy atom. The largest absolute Gasteiger partial charge is 0.491 e. The maximum atomic E-state index is 13.5. The van der Waals surface area contributed by atoms with E-state index in [1.807, 2.05) is 11.1 Å². The topological polar surface area (TPSA) is 74.9 Å². The number of carbonyl (C=O) groups excluding carboxylic acids is 1. The molecule has 1 aromatic carbocycles. The number of nitrogens with one attached hydrogen (secondary N) is 1. The van der Waals surface area contributed by atoms with Gasteiger partial charge in [-0.1, -0.05) is 23.2 Å². The van der Waals surface area contributed by atoms with Crippen molar-refractivity contribution < 1.29 is 23.4 Å². The summed E-state index contributed by atoms with van der Waals surface area (Å²) in [5.41, 5.74) is 3.80. The number of hydrogen-bond donors (Lipinski definition) is 2. The van der Waals surface area contributed by atoms with E-state index >= 15 is 0 Å². The zero-order valence-corrected chi connectivity index (χ0v) is 19.7. The molecule has 9 heteroatoms. The van der Waals surface area contributed by atoms with E-state index in [9.17, 15) is 14.3 Å². The van der Waals surface area contributed by atoms with Crippen molar-refractivity contribution >= 4 is 35.2 Å². The Morgan fingerprint density at radius 3 is 2.82 bits per heavy atom. The molecule has 0 bridgehead atoms. The number of allylic oxidation sites excluding steroid dienone is 1. The standard InChI is InChI=1S/C24H27Cl2FN2O4/c25-17-2-6-22-16(11-17)12-23(33-22)24(31)28-29-9-7-15(8-10-29)1-3-18(30)14-32-19-4-5-20(26)21(27)13-19/h4-5,11-13,15,18,30H,1-3,6-10,14H2,(H,28,31). The zero-order chi connectivity index (χ0) is 23.4. The number of piperidine rings is 1. The third kappa shape index (κ3) is 6.51. The molecular formula is C24H27Cl2FN2O4. The summed E-state index contributed by atoms with van der Waals surface area (Å²) in [6.45, 7) is 1.57. The van der Waals surface area contributed by atoms with Crippen LogP contribution in [0.2, 0.25) is 5.02 Å². The Kier molecular flexibility index (Phi) is 7.96. The van der Waals surface area contributed by atoms with Crippen molar-refractivity contribution in [3.8, 4) is 5.75 Å². The summed E-state index contributed by atoms with van der Waals surface area (Å²) in [5, 5.41) is 12.9. The van der Waals surface area contributed by atoms with Crippen LogP contribution in [0.15, 0.2) is 33.7 Å². The number of fused-ring (bicyclic) bond motifs is 1. The second-order valence-corrected chi connectivity index (χ2v) is 9.46. The molecule has 1 atom stereocenters. The average Bonchev–Trinajstić information content (AvgIpc) is 3.23. The van der Waals surface area contributed by atoms with Crippen LogP contribution in [0.25, 0.3) is 6.08 Å². The molecule has 178 valence electrons. The Morgan fingerprint density at radius 1 is 1.27 bits per heavy atom. The molecule has 0 spiro atoms. The van der Waals surface area contributed by atoms with Crippen LogP contribution in [0.3, 0.4) is 0 Å². The number of hydrazine groups is 1. The van der Waals surface area contributed by atoms with Crippen LogP contribution in [0.4, 0.5) is 4.39 Å². The number of halogens is 3. The van der Waals surface area contributed by atoms with E-state index in [0.717, 1.165) is 55.1 Å². The molecule has 6 nitrogen and oxygen atoms in total. The smallest absolute Gasteiger partial charge is 0.301 e. The molecule has 1 amide bonds. The zero-order valence-electron chi connectivity index (χ0n) is 18.2. The van der Waals surface area contributed by atoms with Crippen molar-refractivity contribution in [1.29, 1.82) is 0 Å². The summed E-state index contributed by atoms with van der Waals surface area (Å²) in [6.07, 6.45) is 5.95. The van der Waals surface area contributed by atoms with Gasteiger partial charge in [0.2, 0.25) is 0 Å². The number of aryl methyl sites for hydroxylation is 1. The van der Waals surface area contributed by atoms with Crippen molar-refractivity contribution in [2.24, 2.45) is 5.92 Å². The number of aliphatic hydroxyl groups excluding tert-OH is 1. The lowest BCUT2D eigenvalue weighted by molar-refractivity contribution is 0.0624. The predicted octanol–water partition coefficient (Wildman–Crippen LogP) is 5.17. The first-order valence-corrected chi connectivity index (χ1v) is 11.9. The lowest BCUT2D eigenvalue weighted by Crippen LogP contribution is -2.46. The molecule has 1 fully saturated rings. The molecule has 2 aliphatic rings. The van der Waals surface area contributed by atoms with Crippen molar-refractivity contribution in [2.45, 2.75) is 44.6 Å². The lowest BCUT2D eigenvalue weighted by Gasteiger charge is -2.32. The number of rotatable bonds is 8. The van der Waals surface area contributed by atoms with Crippen molar-refractivity contribution in [3.05, 3.63) is 57.2 Å². The number of aliphatic hydroxyl groups is 1. The molecule has 2 N–H and O–H groups in total. The van der Waals surface area contributed by atoms with Crippen LogP contribution >= 0.6 is 23.2 Å². The van der Waals surface area contributed by atoms with Crippen molar-refractivity contribution in [3.63, 3.8) is 0 Å². The first-order valence-electron chi connectivity index (χ1n) is 11.2. The van der Waals surface area contributed by atoms with Gasteiger partial charge in [0.1, 0.15) is 23.9 Å². The number of furan rings is 1. The fourth-order valence-electron chi connectivity index (χ4n) is 4.15. The number of amides is 1. The van der Waals surface area contributed by atoms with Crippen molar-refractivity contribution in [1.82, 2.24) is 10.4 Å². The summed E-state index contributed by atoms with van der Waals surface area (Å²) >= 11 is 11.7. The quantitative estimate of drug-likeness (QED) is 0.526. The Hall–Kier alpha value is -2.06. The SMILES string of the molecule is O=C(NN1CCC(CCC(O)COc2ccc(Cl)c(F)c2)CC1)c1cc2c(o1)CCC(Cl)=C2. The fourth-order valence-corrected chi connectivity index (χ4v) is 4.48. The number of hydrogen-bond acceptors (Lipinski definition) is 5. The first kappa shape index (κ1) is 24.1. The molecule has 1 saturated heterocycles. The van der Waals surface area contributed by atoms with Gasteiger partial charge >= 0.3 is 5.91 Å². The van der Waals surface area contributed by atoms with Gasteiger partial charge in [-0.25, -0.2) is 9.40 Å². The van der Waals surface area contributed by atoms with Gasteiger partial charge in [0.25, 0.3) is 0 Å². The summed E-state index contributed by atoms with van der Waals surface area (Å²) in [6, 6.07) is 5.95. The van der Waals surface area contributed by atoms with Gasteiger partial charge in [-0.05, 0) is 62.3 Å². The van der Waals surface area contributed by atoms with Crippen molar-refractivity contribution in [2.75, 3.05) is 19.7 Å². The summed E-state index contributed by atoms with van der Waals surface area (Å²) < 4.78 is 24.6. The summed E-state index contributed by atoms with van der Waals surface area (Å²) in [4.78, 5) is 12.6. The molecule has 0 saturated carbocycles. The molecule has 0 radical (unpaired) electrons. The van der Waals surface area contributed by atoms with Crippen LogP contribution < -0.4 is 10.2 Å². The van der Waals surface area contributed by atoms with Crippen LogP contribution in [-0.2, 0) is 6.42 Å². The molecule has 2 aromatic rings. The van der Waals surface area contributed by atoms with Gasteiger partial charge in [-0.3, -0.25) is 10.2 Å². The maximum absolute atomic E-state index is 13.5. The molecular weight excluding hydrogens is 470 g/mol. The third-order valence-electron chi connectivity index (χ3n) is 6.08. The number of benzene rings is 1. The van der Waals surface area contributed by atoms with E-state index in [-0.39, 0.29) is 17.5 Å². The predicted molar refractivity (Wildman–Crippen MR) is 125 cm³/mol. The Balaban J connectivity index is 1.15. The first-order chi connectivity index (χ1) is 15.9. The van der Waals surface area contributed by atoms with E-state index in [4.69, 9.17) is 32.4 Å². The van der Waals surface area contributed by atoms with Gasteiger partial charge in [0.05, 0.1) is 11.1 Å². The van der Waals surface area contributed by atoms with E-state index < -0.39 is 11.9 Å². The number of carbonyl (C=O) groups is 1. The maximum Gasteiger partial charge on any atom is 0.301 e. The molecule has 1 unspecified atom stereocenters. The van der Waals surface area contributed by atoms with Gasteiger partial charge in [-0.2, -0.15) is 0 Å². The molecule has 1 aliphatic heterocycles. The second kappa shape index (κ2) is 10.9. The highest BCUT2D eigenvalue weighted by Crippen LogP contribution is 2.29. The molecule has 1 aromatic heterocycles. The average molecular weight is 497 g/mol. The minimum absolute atomic E-state index is 0.0378. The minimum Gasteiger partial charge on any atom is -0.491 e. The highest BCUT2D eigenvalue weighted by molar-refractivity contribution is 6.31.